The number of aryl methyl sites for hydroxylation is 1. The van der Waals surface area contributed by atoms with Crippen LogP contribution < -0.4 is 15.4 Å². The predicted octanol–water partition coefficient (Wildman–Crippen LogP) is 5.07. The van der Waals surface area contributed by atoms with Crippen molar-refractivity contribution in [3.8, 4) is 5.75 Å². The lowest BCUT2D eigenvalue weighted by atomic mass is 9.92. The van der Waals surface area contributed by atoms with Crippen LogP contribution in [-0.2, 0) is 17.6 Å². The molecule has 3 rings (SSSR count). The number of ether oxygens (including phenoxy) is 1. The van der Waals surface area contributed by atoms with Crippen molar-refractivity contribution in [2.24, 2.45) is 5.92 Å². The van der Waals surface area contributed by atoms with Gasteiger partial charge in [0.1, 0.15) is 5.75 Å². The molecule has 33 heavy (non-hydrogen) atoms. The van der Waals surface area contributed by atoms with Gasteiger partial charge in [-0.1, -0.05) is 60.2 Å². The van der Waals surface area contributed by atoms with Crippen molar-refractivity contribution in [1.82, 2.24) is 5.32 Å². The van der Waals surface area contributed by atoms with Crippen molar-refractivity contribution in [2.45, 2.75) is 26.2 Å². The highest BCUT2D eigenvalue weighted by atomic mass is 16.5. The Kier molecular flexibility index (Phi) is 8.88. The van der Waals surface area contributed by atoms with E-state index in [2.05, 4.69) is 10.6 Å². The summed E-state index contributed by atoms with van der Waals surface area (Å²) >= 11 is 0. The lowest BCUT2D eigenvalue weighted by Crippen LogP contribution is -2.30. The van der Waals surface area contributed by atoms with Crippen molar-refractivity contribution in [1.29, 1.82) is 0 Å². The second-order valence-electron chi connectivity index (χ2n) is 8.02. The molecule has 3 N–H and O–H groups in total. The molecule has 1 atom stereocenters. The number of aliphatic carboxylic acids is 1. The molecular formula is C27H30N2O4. The molecule has 3 aromatic carbocycles. The molecule has 0 spiro atoms. The zero-order valence-corrected chi connectivity index (χ0v) is 18.8. The van der Waals surface area contributed by atoms with Crippen molar-refractivity contribution >= 4 is 17.7 Å². The van der Waals surface area contributed by atoms with Crippen molar-refractivity contribution in [2.75, 3.05) is 18.5 Å². The molecule has 0 heterocycles. The van der Waals surface area contributed by atoms with Crippen LogP contribution in [-0.4, -0.2) is 30.3 Å². The summed E-state index contributed by atoms with van der Waals surface area (Å²) in [5.74, 6) is -0.549. The van der Waals surface area contributed by atoms with Crippen LogP contribution in [0.1, 0.15) is 23.1 Å². The van der Waals surface area contributed by atoms with Gasteiger partial charge in [-0.25, -0.2) is 4.79 Å². The van der Waals surface area contributed by atoms with E-state index >= 15 is 0 Å². The average molecular weight is 447 g/mol. The average Bonchev–Trinajstić information content (AvgIpc) is 2.81. The van der Waals surface area contributed by atoms with Gasteiger partial charge in [0.25, 0.3) is 0 Å². The second kappa shape index (κ2) is 12.3. The van der Waals surface area contributed by atoms with E-state index < -0.39 is 11.9 Å². The van der Waals surface area contributed by atoms with Crippen molar-refractivity contribution < 1.29 is 19.4 Å². The maximum Gasteiger partial charge on any atom is 0.319 e. The number of anilines is 1. The number of rotatable bonds is 11. The van der Waals surface area contributed by atoms with E-state index in [1.165, 1.54) is 0 Å². The molecule has 0 aliphatic carbocycles. The number of carbonyl (C=O) groups is 2. The largest absolute Gasteiger partial charge is 0.494 e. The molecule has 0 saturated carbocycles. The number of benzene rings is 3. The molecule has 6 heteroatoms. The van der Waals surface area contributed by atoms with Gasteiger partial charge >= 0.3 is 12.0 Å². The summed E-state index contributed by atoms with van der Waals surface area (Å²) in [6, 6.07) is 24.6. The third-order valence-electron chi connectivity index (χ3n) is 5.26. The lowest BCUT2D eigenvalue weighted by molar-refractivity contribution is -0.141. The fourth-order valence-electron chi connectivity index (χ4n) is 3.43. The molecule has 0 fully saturated rings. The first-order valence-corrected chi connectivity index (χ1v) is 11.1. The van der Waals surface area contributed by atoms with E-state index in [4.69, 9.17) is 4.74 Å². The van der Waals surface area contributed by atoms with Gasteiger partial charge in [-0.2, -0.15) is 0 Å². The molecule has 172 valence electrons. The molecular weight excluding hydrogens is 416 g/mol. The van der Waals surface area contributed by atoms with Gasteiger partial charge in [-0.3, -0.25) is 4.79 Å². The first-order valence-electron chi connectivity index (χ1n) is 11.1. The van der Waals surface area contributed by atoms with Gasteiger partial charge < -0.3 is 20.5 Å². The minimum absolute atomic E-state index is 0.244. The fraction of sp³-hybridized carbons (Fsp3) is 0.259. The number of carbonyl (C=O) groups excluding carboxylic acids is 1. The zero-order chi connectivity index (χ0) is 23.5. The van der Waals surface area contributed by atoms with E-state index in [-0.39, 0.29) is 6.03 Å². The van der Waals surface area contributed by atoms with Gasteiger partial charge in [0.2, 0.25) is 0 Å². The highest BCUT2D eigenvalue weighted by molar-refractivity contribution is 5.89. The van der Waals surface area contributed by atoms with Gasteiger partial charge in [-0.15, -0.1) is 0 Å². The van der Waals surface area contributed by atoms with E-state index in [1.54, 1.807) is 0 Å². The molecule has 3 aromatic rings. The predicted molar refractivity (Wildman–Crippen MR) is 130 cm³/mol. The third kappa shape index (κ3) is 8.33. The molecule has 6 nitrogen and oxygen atoms in total. The minimum atomic E-state index is -0.793. The highest BCUT2D eigenvalue weighted by Gasteiger charge is 2.18. The Balaban J connectivity index is 1.37. The molecule has 2 amide bonds. The Bertz CT molecular complexity index is 1020. The van der Waals surface area contributed by atoms with Crippen LogP contribution in [0.2, 0.25) is 0 Å². The molecule has 0 aliphatic heterocycles. The Labute approximate surface area is 194 Å². The summed E-state index contributed by atoms with van der Waals surface area (Å²) in [6.45, 7) is 2.96. The van der Waals surface area contributed by atoms with E-state index in [1.807, 2.05) is 85.8 Å². The maximum absolute atomic E-state index is 11.9. The van der Waals surface area contributed by atoms with Crippen LogP contribution in [0.25, 0.3) is 0 Å². The number of hydrogen-bond donors (Lipinski definition) is 3. The lowest BCUT2D eigenvalue weighted by Gasteiger charge is -2.13. The molecule has 0 aromatic heterocycles. The van der Waals surface area contributed by atoms with Crippen LogP contribution in [0.4, 0.5) is 10.5 Å². The van der Waals surface area contributed by atoms with E-state index in [0.29, 0.717) is 32.4 Å². The summed E-state index contributed by atoms with van der Waals surface area (Å²) in [7, 11) is 0. The highest BCUT2D eigenvalue weighted by Crippen LogP contribution is 2.18. The smallest absolute Gasteiger partial charge is 0.319 e. The number of urea groups is 1. The number of nitrogens with one attached hydrogen (secondary N) is 2. The third-order valence-corrected chi connectivity index (χ3v) is 5.26. The molecule has 0 saturated heterocycles. The standard InChI is InChI=1S/C27H30N2O4/c1-20-8-12-24(13-9-20)29-27(32)28-16-5-17-33-25-14-10-22(11-15-25)19-23(26(30)31)18-21-6-3-2-4-7-21/h2-4,6-15,23H,5,16-19H2,1H3,(H,30,31)(H2,28,29,32)/t23-/m0/s1. The summed E-state index contributed by atoms with van der Waals surface area (Å²) < 4.78 is 5.73. The van der Waals surface area contributed by atoms with Crippen LogP contribution in [0.3, 0.4) is 0 Å². The molecule has 0 unspecified atom stereocenters. The number of carboxylic acid groups (broad SMARTS) is 1. The van der Waals surface area contributed by atoms with E-state index in [9.17, 15) is 14.7 Å². The van der Waals surface area contributed by atoms with Gasteiger partial charge in [0.05, 0.1) is 12.5 Å². The zero-order valence-electron chi connectivity index (χ0n) is 18.8. The number of amides is 2. The Morgan fingerprint density at radius 2 is 1.52 bits per heavy atom. The van der Waals surface area contributed by atoms with E-state index in [0.717, 1.165) is 28.1 Å². The monoisotopic (exact) mass is 446 g/mol. The first-order chi connectivity index (χ1) is 16.0. The molecule has 0 radical (unpaired) electrons. The topological polar surface area (TPSA) is 87.7 Å². The quantitative estimate of drug-likeness (QED) is 0.359. The number of hydrogen-bond acceptors (Lipinski definition) is 3. The van der Waals surface area contributed by atoms with Crippen LogP contribution in [0, 0.1) is 12.8 Å². The Morgan fingerprint density at radius 3 is 2.15 bits per heavy atom. The van der Waals surface area contributed by atoms with Gasteiger partial charge in [0, 0.05) is 12.2 Å². The SMILES string of the molecule is Cc1ccc(NC(=O)NCCCOc2ccc(C[C@H](Cc3ccccc3)C(=O)O)cc2)cc1. The fourth-order valence-corrected chi connectivity index (χ4v) is 3.43. The summed E-state index contributed by atoms with van der Waals surface area (Å²) in [4.78, 5) is 23.6. The molecule has 0 bridgehead atoms. The normalized spacial score (nSPS) is 11.4. The molecule has 0 aliphatic rings. The van der Waals surface area contributed by atoms with Crippen molar-refractivity contribution in [3.05, 3.63) is 95.6 Å². The number of carboxylic acids is 1. The Hall–Kier alpha value is -3.80. The first kappa shape index (κ1) is 23.9. The summed E-state index contributed by atoms with van der Waals surface area (Å²) in [6.07, 6.45) is 1.63. The minimum Gasteiger partial charge on any atom is -0.494 e. The van der Waals surface area contributed by atoms with Crippen LogP contribution in [0.5, 0.6) is 5.75 Å². The second-order valence-corrected chi connectivity index (χ2v) is 8.02. The summed E-state index contributed by atoms with van der Waals surface area (Å²) in [5.41, 5.74) is 3.87. The van der Waals surface area contributed by atoms with Gasteiger partial charge in [-0.05, 0) is 61.6 Å². The summed E-state index contributed by atoms with van der Waals surface area (Å²) in [5, 5.41) is 15.2. The maximum atomic E-state index is 11.9. The van der Waals surface area contributed by atoms with Crippen LogP contribution in [0.15, 0.2) is 78.9 Å². The Morgan fingerprint density at radius 1 is 0.879 bits per heavy atom. The van der Waals surface area contributed by atoms with Gasteiger partial charge in [0.15, 0.2) is 0 Å². The van der Waals surface area contributed by atoms with Crippen LogP contribution >= 0.6 is 0 Å². The van der Waals surface area contributed by atoms with Crippen molar-refractivity contribution in [3.63, 3.8) is 0 Å².